The second-order valence-corrected chi connectivity index (χ2v) is 4.90. The highest BCUT2D eigenvalue weighted by Gasteiger charge is 2.09. The fourth-order valence-electron chi connectivity index (χ4n) is 1.77. The average molecular weight is 337 g/mol. The van der Waals surface area contributed by atoms with E-state index in [9.17, 15) is 14.3 Å². The summed E-state index contributed by atoms with van der Waals surface area (Å²) in [7, 11) is 0. The van der Waals surface area contributed by atoms with Crippen LogP contribution in [0.5, 0.6) is 11.5 Å². The number of nitrogens with one attached hydrogen (secondary N) is 1. The van der Waals surface area contributed by atoms with E-state index in [1.165, 1.54) is 42.6 Å². The predicted octanol–water partition coefficient (Wildman–Crippen LogP) is 3.35. The first-order valence-corrected chi connectivity index (χ1v) is 7.13. The van der Waals surface area contributed by atoms with Crippen molar-refractivity contribution in [1.82, 2.24) is 5.43 Å². The van der Waals surface area contributed by atoms with Gasteiger partial charge in [-0.2, -0.15) is 5.10 Å². The van der Waals surface area contributed by atoms with Crippen LogP contribution in [0.1, 0.15) is 22.8 Å². The summed E-state index contributed by atoms with van der Waals surface area (Å²) in [4.78, 5) is 11.8. The number of aromatic hydroxyl groups is 1. The van der Waals surface area contributed by atoms with Crippen LogP contribution in [0.3, 0.4) is 0 Å². The van der Waals surface area contributed by atoms with Crippen LogP contribution >= 0.6 is 11.6 Å². The van der Waals surface area contributed by atoms with Crippen molar-refractivity contribution < 1.29 is 19.0 Å². The first-order chi connectivity index (χ1) is 11.0. The summed E-state index contributed by atoms with van der Waals surface area (Å²) >= 11 is 5.89. The molecule has 1 amide bonds. The quantitative estimate of drug-likeness (QED) is 0.649. The summed E-state index contributed by atoms with van der Waals surface area (Å²) in [6.07, 6.45) is 1.36. The Morgan fingerprint density at radius 2 is 2.09 bits per heavy atom. The van der Waals surface area contributed by atoms with Gasteiger partial charge in [0.1, 0.15) is 5.82 Å². The highest BCUT2D eigenvalue weighted by Crippen LogP contribution is 2.34. The first-order valence-electron chi connectivity index (χ1n) is 6.75. The molecule has 0 fully saturated rings. The fraction of sp³-hybridized carbons (Fsp3) is 0.125. The zero-order chi connectivity index (χ0) is 16.8. The number of benzene rings is 2. The number of nitrogens with zero attached hydrogens (tertiary/aromatic N) is 1. The summed E-state index contributed by atoms with van der Waals surface area (Å²) in [5, 5.41) is 13.6. The van der Waals surface area contributed by atoms with Crippen LogP contribution in [0.2, 0.25) is 5.02 Å². The normalized spacial score (nSPS) is 10.7. The van der Waals surface area contributed by atoms with E-state index in [1.54, 1.807) is 6.92 Å². The van der Waals surface area contributed by atoms with Gasteiger partial charge in [0.25, 0.3) is 5.91 Å². The van der Waals surface area contributed by atoms with E-state index in [2.05, 4.69) is 10.5 Å². The molecule has 0 aliphatic rings. The zero-order valence-electron chi connectivity index (χ0n) is 12.2. The maximum Gasteiger partial charge on any atom is 0.271 e. The summed E-state index contributed by atoms with van der Waals surface area (Å²) < 4.78 is 18.0. The number of ether oxygens (including phenoxy) is 1. The van der Waals surface area contributed by atoms with Crippen LogP contribution in [0.4, 0.5) is 4.39 Å². The number of carbonyl (C=O) groups excluding carboxylic acids is 1. The third-order valence-corrected chi connectivity index (χ3v) is 3.12. The molecule has 2 N–H and O–H groups in total. The maximum absolute atomic E-state index is 12.8. The van der Waals surface area contributed by atoms with Gasteiger partial charge < -0.3 is 9.84 Å². The van der Waals surface area contributed by atoms with Crippen LogP contribution in [0, 0.1) is 5.82 Å². The number of halogens is 2. The Bertz CT molecular complexity index is 733. The fourth-order valence-corrected chi connectivity index (χ4v) is 1.98. The van der Waals surface area contributed by atoms with E-state index in [-0.39, 0.29) is 22.1 Å². The number of phenolic OH excluding ortho intramolecular Hbond substituents is 1. The van der Waals surface area contributed by atoms with E-state index < -0.39 is 11.7 Å². The molecule has 0 saturated heterocycles. The van der Waals surface area contributed by atoms with E-state index >= 15 is 0 Å². The minimum absolute atomic E-state index is 0.113. The topological polar surface area (TPSA) is 70.9 Å². The minimum atomic E-state index is -0.476. The summed E-state index contributed by atoms with van der Waals surface area (Å²) in [5.74, 6) is -0.823. The van der Waals surface area contributed by atoms with Crippen LogP contribution in [-0.2, 0) is 0 Å². The van der Waals surface area contributed by atoms with E-state index in [4.69, 9.17) is 16.3 Å². The summed E-state index contributed by atoms with van der Waals surface area (Å²) in [5.41, 5.74) is 3.13. The van der Waals surface area contributed by atoms with Crippen molar-refractivity contribution in [3.05, 3.63) is 58.4 Å². The van der Waals surface area contributed by atoms with E-state index in [1.807, 2.05) is 0 Å². The van der Waals surface area contributed by atoms with Gasteiger partial charge in [-0.25, -0.2) is 9.82 Å². The number of hydrogen-bond acceptors (Lipinski definition) is 4. The Labute approximate surface area is 137 Å². The lowest BCUT2D eigenvalue weighted by atomic mass is 10.2. The van der Waals surface area contributed by atoms with Crippen molar-refractivity contribution in [3.8, 4) is 11.5 Å². The van der Waals surface area contributed by atoms with Gasteiger partial charge in [0.2, 0.25) is 0 Å². The predicted molar refractivity (Wildman–Crippen MR) is 85.7 cm³/mol. The third-order valence-electron chi connectivity index (χ3n) is 2.84. The van der Waals surface area contributed by atoms with Gasteiger partial charge in [-0.3, -0.25) is 4.79 Å². The Morgan fingerprint density at radius 3 is 2.74 bits per heavy atom. The number of rotatable bonds is 5. The molecule has 0 heterocycles. The van der Waals surface area contributed by atoms with Crippen LogP contribution < -0.4 is 10.2 Å². The lowest BCUT2D eigenvalue weighted by Crippen LogP contribution is -2.17. The molecule has 5 nitrogen and oxygen atoms in total. The molecule has 2 rings (SSSR count). The summed E-state index contributed by atoms with van der Waals surface area (Å²) in [6, 6.07) is 8.10. The number of hydrogen-bond donors (Lipinski definition) is 2. The molecule has 0 radical (unpaired) electrons. The van der Waals surface area contributed by atoms with Gasteiger partial charge in [-0.05, 0) is 48.9 Å². The summed E-state index contributed by atoms with van der Waals surface area (Å²) in [6.45, 7) is 2.14. The molecule has 0 bridgehead atoms. The van der Waals surface area contributed by atoms with Gasteiger partial charge in [0.05, 0.1) is 17.8 Å². The largest absolute Gasteiger partial charge is 0.503 e. The van der Waals surface area contributed by atoms with Crippen LogP contribution in [-0.4, -0.2) is 23.8 Å². The van der Waals surface area contributed by atoms with Gasteiger partial charge >= 0.3 is 0 Å². The molecule has 0 aliphatic carbocycles. The van der Waals surface area contributed by atoms with Crippen molar-refractivity contribution in [2.75, 3.05) is 6.61 Å². The Balaban J connectivity index is 2.08. The molecule has 0 spiro atoms. The molecule has 23 heavy (non-hydrogen) atoms. The van der Waals surface area contributed by atoms with Crippen LogP contribution in [0.15, 0.2) is 41.5 Å². The van der Waals surface area contributed by atoms with E-state index in [0.29, 0.717) is 12.2 Å². The smallest absolute Gasteiger partial charge is 0.271 e. The second-order valence-electron chi connectivity index (χ2n) is 4.49. The lowest BCUT2D eigenvalue weighted by Gasteiger charge is -2.08. The molecular weight excluding hydrogens is 323 g/mol. The second kappa shape index (κ2) is 7.60. The average Bonchev–Trinajstić information content (AvgIpc) is 2.53. The molecule has 0 aliphatic heterocycles. The lowest BCUT2D eigenvalue weighted by molar-refractivity contribution is 0.0955. The number of amides is 1. The Kier molecular flexibility index (Phi) is 5.54. The molecular formula is C16H14ClFN2O3. The molecule has 0 atom stereocenters. The van der Waals surface area contributed by atoms with Gasteiger partial charge in [0.15, 0.2) is 11.5 Å². The van der Waals surface area contributed by atoms with Crippen molar-refractivity contribution >= 4 is 23.7 Å². The first kappa shape index (κ1) is 16.8. The molecule has 2 aromatic carbocycles. The highest BCUT2D eigenvalue weighted by atomic mass is 35.5. The van der Waals surface area contributed by atoms with Crippen molar-refractivity contribution in [2.24, 2.45) is 5.10 Å². The van der Waals surface area contributed by atoms with Crippen molar-refractivity contribution in [1.29, 1.82) is 0 Å². The number of phenols is 1. The van der Waals surface area contributed by atoms with Crippen molar-refractivity contribution in [2.45, 2.75) is 6.92 Å². The minimum Gasteiger partial charge on any atom is -0.503 e. The monoisotopic (exact) mass is 336 g/mol. The Morgan fingerprint density at radius 1 is 1.39 bits per heavy atom. The molecule has 0 unspecified atom stereocenters. The van der Waals surface area contributed by atoms with Crippen molar-refractivity contribution in [3.63, 3.8) is 0 Å². The molecule has 0 aromatic heterocycles. The standard InChI is InChI=1S/C16H14ClFN2O3/c1-2-23-14-8-10(7-13(17)15(14)21)9-19-20-16(22)11-3-5-12(18)6-4-11/h3-9,21H,2H2,1H3,(H,20,22). The molecule has 7 heteroatoms. The van der Waals surface area contributed by atoms with Gasteiger partial charge in [0, 0.05) is 5.56 Å². The number of hydrazone groups is 1. The third kappa shape index (κ3) is 4.43. The molecule has 0 saturated carbocycles. The number of carbonyl (C=O) groups is 1. The zero-order valence-corrected chi connectivity index (χ0v) is 13.0. The molecule has 120 valence electrons. The Hall–Kier alpha value is -2.60. The van der Waals surface area contributed by atoms with Crippen LogP contribution in [0.25, 0.3) is 0 Å². The molecule has 2 aromatic rings. The SMILES string of the molecule is CCOc1cc(C=NNC(=O)c2ccc(F)cc2)cc(Cl)c1O. The maximum atomic E-state index is 12.8. The van der Waals surface area contributed by atoms with E-state index in [0.717, 1.165) is 0 Å². The van der Waals surface area contributed by atoms with Gasteiger partial charge in [-0.1, -0.05) is 11.6 Å². The van der Waals surface area contributed by atoms with Gasteiger partial charge in [-0.15, -0.1) is 0 Å². The highest BCUT2D eigenvalue weighted by molar-refractivity contribution is 6.32.